The molecule has 0 fully saturated rings. The van der Waals surface area contributed by atoms with Crippen LogP contribution in [0.15, 0.2) is 29.8 Å². The van der Waals surface area contributed by atoms with E-state index in [4.69, 9.17) is 14.2 Å². The monoisotopic (exact) mass is 386 g/mol. The molecular weight excluding hydrogens is 364 g/mol. The number of ketones is 1. The van der Waals surface area contributed by atoms with Gasteiger partial charge in [-0.1, -0.05) is 0 Å². The first-order valence-electron chi connectivity index (χ1n) is 8.43. The summed E-state index contributed by atoms with van der Waals surface area (Å²) in [5.74, 6) is 1.38. The molecule has 6 nitrogen and oxygen atoms in total. The summed E-state index contributed by atoms with van der Waals surface area (Å²) in [6, 6.07) is 5.55. The quantitative estimate of drug-likeness (QED) is 0.571. The minimum Gasteiger partial charge on any atom is -0.493 e. The third-order valence-electron chi connectivity index (χ3n) is 4.29. The zero-order valence-electron chi connectivity index (χ0n) is 16.0. The molecule has 0 radical (unpaired) electrons. The Kier molecular flexibility index (Phi) is 5.51. The zero-order chi connectivity index (χ0) is 19.6. The Labute approximate surface area is 162 Å². The first kappa shape index (κ1) is 19.0. The molecule has 7 heteroatoms. The van der Waals surface area contributed by atoms with E-state index < -0.39 is 0 Å². The maximum absolute atomic E-state index is 12.8. The lowest BCUT2D eigenvalue weighted by molar-refractivity contribution is 0.0916. The second-order valence-electron chi connectivity index (χ2n) is 6.15. The average Bonchev–Trinajstić information content (AvgIpc) is 3.27. The van der Waals surface area contributed by atoms with Gasteiger partial charge in [-0.3, -0.25) is 9.36 Å². The molecule has 0 atom stereocenters. The molecule has 0 amide bonds. The molecule has 0 spiro atoms. The predicted molar refractivity (Wildman–Crippen MR) is 105 cm³/mol. The van der Waals surface area contributed by atoms with Gasteiger partial charge in [0.25, 0.3) is 0 Å². The second kappa shape index (κ2) is 7.84. The van der Waals surface area contributed by atoms with Gasteiger partial charge in [-0.05, 0) is 44.5 Å². The molecule has 3 aromatic rings. The van der Waals surface area contributed by atoms with Crippen LogP contribution in [-0.4, -0.2) is 36.2 Å². The molecule has 0 bridgehead atoms. The Hall–Kier alpha value is -2.80. The number of aromatic nitrogens is 2. The molecule has 0 aliphatic rings. The molecule has 1 aromatic carbocycles. The first-order valence-corrected chi connectivity index (χ1v) is 9.31. The van der Waals surface area contributed by atoms with Crippen LogP contribution >= 0.6 is 11.3 Å². The van der Waals surface area contributed by atoms with Gasteiger partial charge in [0.1, 0.15) is 0 Å². The van der Waals surface area contributed by atoms with Crippen LogP contribution < -0.4 is 14.2 Å². The summed E-state index contributed by atoms with van der Waals surface area (Å²) < 4.78 is 18.5. The largest absolute Gasteiger partial charge is 0.493 e. The molecule has 0 unspecified atom stereocenters. The van der Waals surface area contributed by atoms with Crippen molar-refractivity contribution < 1.29 is 19.0 Å². The Morgan fingerprint density at radius 3 is 2.33 bits per heavy atom. The van der Waals surface area contributed by atoms with Crippen molar-refractivity contribution in [1.29, 1.82) is 0 Å². The molecule has 27 heavy (non-hydrogen) atoms. The van der Waals surface area contributed by atoms with Crippen LogP contribution in [0.1, 0.15) is 27.3 Å². The van der Waals surface area contributed by atoms with E-state index in [1.807, 2.05) is 48.9 Å². The molecule has 0 N–H and O–H groups in total. The Morgan fingerprint density at radius 2 is 1.78 bits per heavy atom. The van der Waals surface area contributed by atoms with Gasteiger partial charge in [0.15, 0.2) is 23.2 Å². The highest BCUT2D eigenvalue weighted by molar-refractivity contribution is 7.12. The topological polar surface area (TPSA) is 62.6 Å². The number of hydrogen-bond donors (Lipinski definition) is 0. The van der Waals surface area contributed by atoms with Crippen molar-refractivity contribution >= 4 is 17.1 Å². The molecular formula is C20H22N2O4S. The van der Waals surface area contributed by atoms with Gasteiger partial charge in [-0.25, -0.2) is 4.98 Å². The summed E-state index contributed by atoms with van der Waals surface area (Å²) in [4.78, 5) is 17.1. The Bertz CT molecular complexity index is 936. The van der Waals surface area contributed by atoms with E-state index in [9.17, 15) is 4.79 Å². The van der Waals surface area contributed by atoms with E-state index in [0.29, 0.717) is 22.8 Å². The lowest BCUT2D eigenvalue weighted by Gasteiger charge is -2.15. The van der Waals surface area contributed by atoms with E-state index in [2.05, 4.69) is 4.98 Å². The molecule has 0 saturated carbocycles. The number of rotatable bonds is 7. The Balaban J connectivity index is 1.85. The van der Waals surface area contributed by atoms with Gasteiger partial charge in [0.05, 0.1) is 14.2 Å². The van der Waals surface area contributed by atoms with Crippen LogP contribution in [0, 0.1) is 20.8 Å². The number of carbonyl (C=O) groups excluding carboxylic acids is 1. The number of ether oxygens (including phenoxy) is 3. The summed E-state index contributed by atoms with van der Waals surface area (Å²) in [7, 11) is 3.12. The standard InChI is InChI=1S/C20H22N2O4S/c1-12-8-17(24-4)19(18(9-12)25-5)26-11-16(23)15-10-13(2)22(14(15)3)20-21-6-7-27-20/h6-10H,11H2,1-5H3. The fourth-order valence-corrected chi connectivity index (χ4v) is 3.79. The number of hydrogen-bond acceptors (Lipinski definition) is 6. The number of thiazole rings is 1. The highest BCUT2D eigenvalue weighted by Gasteiger charge is 2.20. The first-order chi connectivity index (χ1) is 13.0. The lowest BCUT2D eigenvalue weighted by Crippen LogP contribution is -2.13. The van der Waals surface area contributed by atoms with Crippen LogP contribution in [0.2, 0.25) is 0 Å². The summed E-state index contributed by atoms with van der Waals surface area (Å²) in [6.45, 7) is 5.69. The SMILES string of the molecule is COc1cc(C)cc(OC)c1OCC(=O)c1cc(C)n(-c2nccs2)c1C. The summed E-state index contributed by atoms with van der Waals surface area (Å²) >= 11 is 1.53. The smallest absolute Gasteiger partial charge is 0.204 e. The highest BCUT2D eigenvalue weighted by atomic mass is 32.1. The molecule has 2 heterocycles. The van der Waals surface area contributed by atoms with Crippen LogP contribution in [0.4, 0.5) is 0 Å². The predicted octanol–water partition coefficient (Wildman–Crippen LogP) is 4.14. The van der Waals surface area contributed by atoms with Crippen LogP contribution in [0.3, 0.4) is 0 Å². The summed E-state index contributed by atoms with van der Waals surface area (Å²) in [6.07, 6.45) is 1.75. The number of nitrogens with zero attached hydrogens (tertiary/aromatic N) is 2. The Morgan fingerprint density at radius 1 is 1.11 bits per heavy atom. The van der Waals surface area contributed by atoms with Crippen molar-refractivity contribution in [2.45, 2.75) is 20.8 Å². The number of methoxy groups -OCH3 is 2. The third-order valence-corrected chi connectivity index (χ3v) is 5.05. The molecule has 142 valence electrons. The number of Topliss-reactive ketones (excluding diaryl/α,β-unsaturated/α-hetero) is 1. The van der Waals surface area contributed by atoms with Crippen LogP contribution in [0.5, 0.6) is 17.2 Å². The van der Waals surface area contributed by atoms with Crippen LogP contribution in [-0.2, 0) is 0 Å². The maximum Gasteiger partial charge on any atom is 0.204 e. The summed E-state index contributed by atoms with van der Waals surface area (Å²) in [5, 5.41) is 2.75. The van der Waals surface area contributed by atoms with Crippen molar-refractivity contribution in [3.8, 4) is 22.4 Å². The molecule has 3 rings (SSSR count). The average molecular weight is 386 g/mol. The van der Waals surface area contributed by atoms with Gasteiger partial charge in [-0.2, -0.15) is 0 Å². The highest BCUT2D eigenvalue weighted by Crippen LogP contribution is 2.38. The molecule has 0 aliphatic carbocycles. The fraction of sp³-hybridized carbons (Fsp3) is 0.300. The van der Waals surface area contributed by atoms with E-state index in [1.54, 1.807) is 20.4 Å². The molecule has 2 aromatic heterocycles. The van der Waals surface area contributed by atoms with E-state index in [-0.39, 0.29) is 12.4 Å². The molecule has 0 aliphatic heterocycles. The normalized spacial score (nSPS) is 10.7. The van der Waals surface area contributed by atoms with Crippen molar-refractivity contribution in [2.24, 2.45) is 0 Å². The minimum atomic E-state index is -0.115. The number of benzene rings is 1. The van der Waals surface area contributed by atoms with Gasteiger partial charge < -0.3 is 14.2 Å². The van der Waals surface area contributed by atoms with Gasteiger partial charge in [0, 0.05) is 28.5 Å². The number of carbonyl (C=O) groups is 1. The number of aryl methyl sites for hydroxylation is 2. The zero-order valence-corrected chi connectivity index (χ0v) is 16.8. The van der Waals surface area contributed by atoms with Gasteiger partial charge in [0.2, 0.25) is 11.5 Å². The second-order valence-corrected chi connectivity index (χ2v) is 7.02. The van der Waals surface area contributed by atoms with Gasteiger partial charge >= 0.3 is 0 Å². The summed E-state index contributed by atoms with van der Waals surface area (Å²) in [5.41, 5.74) is 3.40. The van der Waals surface area contributed by atoms with E-state index in [0.717, 1.165) is 22.1 Å². The fourth-order valence-electron chi connectivity index (χ4n) is 3.03. The van der Waals surface area contributed by atoms with Gasteiger partial charge in [-0.15, -0.1) is 11.3 Å². The minimum absolute atomic E-state index is 0.113. The van der Waals surface area contributed by atoms with Crippen molar-refractivity contribution in [3.05, 3.63) is 52.3 Å². The van der Waals surface area contributed by atoms with Crippen LogP contribution in [0.25, 0.3) is 5.13 Å². The molecule has 0 saturated heterocycles. The van der Waals surface area contributed by atoms with E-state index >= 15 is 0 Å². The lowest BCUT2D eigenvalue weighted by atomic mass is 10.1. The van der Waals surface area contributed by atoms with Crippen molar-refractivity contribution in [1.82, 2.24) is 9.55 Å². The van der Waals surface area contributed by atoms with Crippen molar-refractivity contribution in [2.75, 3.05) is 20.8 Å². The van der Waals surface area contributed by atoms with E-state index in [1.165, 1.54) is 11.3 Å². The maximum atomic E-state index is 12.8. The van der Waals surface area contributed by atoms with Crippen molar-refractivity contribution in [3.63, 3.8) is 0 Å². The third kappa shape index (κ3) is 3.68.